The van der Waals surface area contributed by atoms with Crippen molar-refractivity contribution < 1.29 is 8.83 Å². The third-order valence-electron chi connectivity index (χ3n) is 11.3. The highest BCUT2D eigenvalue weighted by Gasteiger charge is 2.27. The largest absolute Gasteiger partial charge is 0.455 e. The Balaban J connectivity index is 1.10. The summed E-state index contributed by atoms with van der Waals surface area (Å²) < 4.78 is 15.7. The van der Waals surface area contributed by atoms with Crippen LogP contribution in [0.25, 0.3) is 82.5 Å². The van der Waals surface area contributed by atoms with Crippen LogP contribution in [-0.2, 0) is 0 Å². The molecule has 0 fully saturated rings. The Hall–Kier alpha value is -7.70. The molecule has 11 aromatic rings. The van der Waals surface area contributed by atoms with E-state index in [0.717, 1.165) is 99.5 Å². The van der Waals surface area contributed by atoms with E-state index in [2.05, 4.69) is 149 Å². The third kappa shape index (κ3) is 4.90. The molecule has 1 N–H and O–H groups in total. The van der Waals surface area contributed by atoms with E-state index < -0.39 is 0 Å². The highest BCUT2D eigenvalue weighted by Crippen LogP contribution is 2.41. The van der Waals surface area contributed by atoms with Crippen molar-refractivity contribution in [3.8, 4) is 16.8 Å². The van der Waals surface area contributed by atoms with Crippen LogP contribution in [0.3, 0.4) is 0 Å². The molecular formula is C51H32N4O2. The number of fused-ring (bicyclic) bond motifs is 9. The fourth-order valence-electron chi connectivity index (χ4n) is 8.67. The van der Waals surface area contributed by atoms with E-state index in [4.69, 9.17) is 18.8 Å². The third-order valence-corrected chi connectivity index (χ3v) is 11.3. The Labute approximate surface area is 326 Å². The van der Waals surface area contributed by atoms with Crippen molar-refractivity contribution in [1.29, 1.82) is 0 Å². The first-order valence-electron chi connectivity index (χ1n) is 19.2. The second-order valence-corrected chi connectivity index (χ2v) is 14.5. The Bertz CT molecular complexity index is 3440. The first-order chi connectivity index (χ1) is 28.3. The Morgan fingerprint density at radius 1 is 0.474 bits per heavy atom. The van der Waals surface area contributed by atoms with Gasteiger partial charge in [-0.05, 0) is 59.2 Å². The van der Waals surface area contributed by atoms with Crippen LogP contribution in [-0.4, -0.2) is 16.2 Å². The topological polar surface area (TPSA) is 68.0 Å². The number of nitrogens with one attached hydrogen (secondary N) is 1. The second kappa shape index (κ2) is 12.4. The maximum atomic E-state index is 6.80. The molecule has 1 aliphatic rings. The zero-order valence-corrected chi connectivity index (χ0v) is 30.6. The quantitative estimate of drug-likeness (QED) is 0.192. The summed E-state index contributed by atoms with van der Waals surface area (Å²) in [5, 5.41) is 10.3. The van der Waals surface area contributed by atoms with Gasteiger partial charge >= 0.3 is 0 Å². The van der Waals surface area contributed by atoms with Gasteiger partial charge in [-0.15, -0.1) is 0 Å². The fraction of sp³-hybridized carbons (Fsp3) is 0.0196. The fourth-order valence-corrected chi connectivity index (χ4v) is 8.67. The molecule has 6 nitrogen and oxygen atoms in total. The average Bonchev–Trinajstić information content (AvgIpc) is 3.96. The lowest BCUT2D eigenvalue weighted by molar-refractivity contribution is 0.663. The molecule has 0 spiro atoms. The summed E-state index contributed by atoms with van der Waals surface area (Å²) in [6, 6.07) is 63.2. The van der Waals surface area contributed by atoms with Crippen molar-refractivity contribution in [3.63, 3.8) is 0 Å². The van der Waals surface area contributed by atoms with Crippen LogP contribution in [0.2, 0.25) is 0 Å². The standard InChI is InChI=1S/C51H32N4O2/c1-3-14-31(15-4-1)33-28-29-45-41(30-33)38-22-13-26-43(48(38)57-45)55-42-25-9-7-18-34(42)36-20-11-23-39(46(36)55)50-52-49(32-16-5-2-6-17-32)53-51(54-50)40-24-12-21-37-35-19-8-10-27-44(35)56-47(37)40/h1-30,49H,(H,52,53,54). The van der Waals surface area contributed by atoms with Gasteiger partial charge in [0.2, 0.25) is 0 Å². The first-order valence-corrected chi connectivity index (χ1v) is 19.2. The number of hydrogen-bond donors (Lipinski definition) is 1. The lowest BCUT2D eigenvalue weighted by Gasteiger charge is -2.24. The molecule has 6 heteroatoms. The van der Waals surface area contributed by atoms with Gasteiger partial charge in [-0.2, -0.15) is 0 Å². The molecule has 0 bridgehead atoms. The summed E-state index contributed by atoms with van der Waals surface area (Å²) in [6.45, 7) is 0. The molecule has 12 rings (SSSR count). The SMILES string of the molecule is c1ccc(-c2ccc3oc4c(-n5c6ccccc6c6cccc(C7=NC(c8cccc9c8oc8ccccc89)=NC(c8ccccc8)N7)c65)cccc4c3c2)cc1. The van der Waals surface area contributed by atoms with Gasteiger partial charge in [0.15, 0.2) is 11.4 Å². The Morgan fingerprint density at radius 2 is 1.12 bits per heavy atom. The van der Waals surface area contributed by atoms with Crippen LogP contribution in [0.5, 0.6) is 0 Å². The highest BCUT2D eigenvalue weighted by molar-refractivity contribution is 6.24. The number of amidine groups is 2. The predicted molar refractivity (Wildman–Crippen MR) is 233 cm³/mol. The van der Waals surface area contributed by atoms with Crippen molar-refractivity contribution in [2.24, 2.45) is 9.98 Å². The second-order valence-electron chi connectivity index (χ2n) is 14.5. The summed E-state index contributed by atoms with van der Waals surface area (Å²) in [5.41, 5.74) is 11.5. The van der Waals surface area contributed by atoms with Crippen LogP contribution < -0.4 is 5.32 Å². The minimum absolute atomic E-state index is 0.390. The maximum Gasteiger partial charge on any atom is 0.163 e. The molecule has 0 amide bonds. The molecule has 0 saturated carbocycles. The number of rotatable bonds is 5. The number of hydrogen-bond acceptors (Lipinski definition) is 5. The van der Waals surface area contributed by atoms with Gasteiger partial charge in [0.1, 0.15) is 28.8 Å². The van der Waals surface area contributed by atoms with Crippen LogP contribution >= 0.6 is 0 Å². The van der Waals surface area contributed by atoms with Crippen molar-refractivity contribution in [2.45, 2.75) is 6.17 Å². The van der Waals surface area contributed by atoms with Gasteiger partial charge in [-0.3, -0.25) is 0 Å². The lowest BCUT2D eigenvalue weighted by atomic mass is 10.0. The number of aromatic nitrogens is 1. The normalized spacial score (nSPS) is 14.5. The van der Waals surface area contributed by atoms with Gasteiger partial charge in [-0.1, -0.05) is 140 Å². The molecule has 0 saturated heterocycles. The van der Waals surface area contributed by atoms with E-state index in [1.807, 2.05) is 42.5 Å². The molecule has 1 aliphatic heterocycles. The zero-order chi connectivity index (χ0) is 37.5. The predicted octanol–water partition coefficient (Wildman–Crippen LogP) is 12.7. The minimum Gasteiger partial charge on any atom is -0.455 e. The van der Waals surface area contributed by atoms with Crippen LogP contribution in [0.15, 0.2) is 201 Å². The first kappa shape index (κ1) is 31.6. The van der Waals surface area contributed by atoms with Crippen LogP contribution in [0.4, 0.5) is 0 Å². The molecule has 1 atom stereocenters. The van der Waals surface area contributed by atoms with Gasteiger partial charge < -0.3 is 18.7 Å². The van der Waals surface area contributed by atoms with Crippen molar-refractivity contribution in [3.05, 3.63) is 199 Å². The number of nitrogens with zero attached hydrogens (tertiary/aromatic N) is 3. The van der Waals surface area contributed by atoms with E-state index in [0.29, 0.717) is 5.84 Å². The summed E-state index contributed by atoms with van der Waals surface area (Å²) in [5.74, 6) is 1.33. The van der Waals surface area contributed by atoms with Gasteiger partial charge in [0.25, 0.3) is 0 Å². The summed E-state index contributed by atoms with van der Waals surface area (Å²) >= 11 is 0. The molecule has 0 radical (unpaired) electrons. The molecule has 8 aromatic carbocycles. The van der Waals surface area contributed by atoms with Crippen LogP contribution in [0.1, 0.15) is 22.9 Å². The van der Waals surface area contributed by atoms with E-state index in [1.54, 1.807) is 0 Å². The van der Waals surface area contributed by atoms with E-state index in [1.165, 1.54) is 5.56 Å². The highest BCUT2D eigenvalue weighted by atomic mass is 16.3. The molecular weight excluding hydrogens is 701 g/mol. The summed E-state index contributed by atoms with van der Waals surface area (Å²) in [7, 11) is 0. The van der Waals surface area contributed by atoms with E-state index in [-0.39, 0.29) is 6.17 Å². The number of aliphatic imine (C=N–C) groups is 2. The number of benzene rings is 8. The smallest absolute Gasteiger partial charge is 0.163 e. The maximum absolute atomic E-state index is 6.80. The van der Waals surface area contributed by atoms with Gasteiger partial charge in [0.05, 0.1) is 22.3 Å². The Morgan fingerprint density at radius 3 is 1.98 bits per heavy atom. The average molecular weight is 733 g/mol. The van der Waals surface area contributed by atoms with Crippen molar-refractivity contribution in [2.75, 3.05) is 0 Å². The van der Waals surface area contributed by atoms with Crippen molar-refractivity contribution in [1.82, 2.24) is 9.88 Å². The summed E-state index contributed by atoms with van der Waals surface area (Å²) in [4.78, 5) is 10.6. The Kier molecular flexibility index (Phi) is 6.89. The minimum atomic E-state index is -0.390. The monoisotopic (exact) mass is 732 g/mol. The zero-order valence-electron chi connectivity index (χ0n) is 30.6. The molecule has 268 valence electrons. The molecule has 0 aliphatic carbocycles. The lowest BCUT2D eigenvalue weighted by Crippen LogP contribution is -2.34. The van der Waals surface area contributed by atoms with Gasteiger partial charge in [0, 0.05) is 37.9 Å². The number of para-hydroxylation sites is 5. The van der Waals surface area contributed by atoms with Gasteiger partial charge in [-0.25, -0.2) is 9.98 Å². The summed E-state index contributed by atoms with van der Waals surface area (Å²) in [6.07, 6.45) is -0.390. The number of furan rings is 2. The molecule has 4 heterocycles. The van der Waals surface area contributed by atoms with Crippen LogP contribution in [0, 0.1) is 0 Å². The molecule has 3 aromatic heterocycles. The van der Waals surface area contributed by atoms with Crippen molar-refractivity contribution >= 4 is 77.4 Å². The molecule has 57 heavy (non-hydrogen) atoms. The van der Waals surface area contributed by atoms with E-state index >= 15 is 0 Å². The van der Waals surface area contributed by atoms with E-state index in [9.17, 15) is 0 Å². The molecule has 1 unspecified atom stereocenters.